The van der Waals surface area contributed by atoms with Crippen molar-refractivity contribution in [3.63, 3.8) is 0 Å². The molecular formula is C21H32FNO. The van der Waals surface area contributed by atoms with Crippen LogP contribution in [0.4, 0.5) is 4.39 Å². The van der Waals surface area contributed by atoms with Gasteiger partial charge in [-0.25, -0.2) is 0 Å². The van der Waals surface area contributed by atoms with E-state index in [1.807, 2.05) is 6.08 Å². The van der Waals surface area contributed by atoms with Crippen molar-refractivity contribution in [3.05, 3.63) is 24.1 Å². The third-order valence-corrected chi connectivity index (χ3v) is 6.29. The molecule has 0 radical (unpaired) electrons. The van der Waals surface area contributed by atoms with Crippen molar-refractivity contribution in [2.24, 2.45) is 17.8 Å². The molecule has 134 valence electrons. The van der Waals surface area contributed by atoms with Gasteiger partial charge in [-0.3, -0.25) is 0 Å². The summed E-state index contributed by atoms with van der Waals surface area (Å²) in [5.74, 6) is 1.94. The number of rotatable bonds is 6. The maximum atomic E-state index is 12.9. The predicted octanol–water partition coefficient (Wildman–Crippen LogP) is 6.10. The number of halogens is 1. The van der Waals surface area contributed by atoms with E-state index in [0.29, 0.717) is 0 Å². The van der Waals surface area contributed by atoms with Crippen LogP contribution in [0.5, 0.6) is 0 Å². The molecule has 2 fully saturated rings. The van der Waals surface area contributed by atoms with Gasteiger partial charge < -0.3 is 4.74 Å². The Balaban J connectivity index is 1.84. The molecule has 2 saturated carbocycles. The smallest absolute Gasteiger partial charge is 0.199 e. The van der Waals surface area contributed by atoms with Crippen LogP contribution >= 0.6 is 0 Å². The number of hydrogen-bond acceptors (Lipinski definition) is 2. The summed E-state index contributed by atoms with van der Waals surface area (Å²) in [6.45, 7) is 2.29. The molecule has 0 saturated heterocycles. The molecule has 3 heteroatoms. The minimum atomic E-state index is -0.755. The SMILES string of the molecule is CCCC1CCC(C2CCC(C=CC=C(F)C#N)(OC)CC2)CC1. The van der Waals surface area contributed by atoms with Crippen LogP contribution in [-0.2, 0) is 4.74 Å². The summed E-state index contributed by atoms with van der Waals surface area (Å²) in [6, 6.07) is 1.50. The zero-order valence-electron chi connectivity index (χ0n) is 15.3. The Morgan fingerprint density at radius 2 is 1.79 bits per heavy atom. The van der Waals surface area contributed by atoms with Gasteiger partial charge >= 0.3 is 0 Å². The molecule has 0 bridgehead atoms. The molecule has 24 heavy (non-hydrogen) atoms. The van der Waals surface area contributed by atoms with Crippen molar-refractivity contribution < 1.29 is 9.13 Å². The molecule has 0 unspecified atom stereocenters. The summed E-state index contributed by atoms with van der Waals surface area (Å²) >= 11 is 0. The fourth-order valence-corrected chi connectivity index (χ4v) is 4.74. The van der Waals surface area contributed by atoms with Crippen LogP contribution in [0, 0.1) is 29.1 Å². The largest absolute Gasteiger partial charge is 0.374 e. The van der Waals surface area contributed by atoms with Crippen molar-refractivity contribution in [1.29, 1.82) is 5.26 Å². The molecule has 0 atom stereocenters. The highest BCUT2D eigenvalue weighted by molar-refractivity contribution is 5.21. The number of allylic oxidation sites excluding steroid dienone is 3. The van der Waals surface area contributed by atoms with Crippen LogP contribution in [-0.4, -0.2) is 12.7 Å². The third-order valence-electron chi connectivity index (χ3n) is 6.29. The van der Waals surface area contributed by atoms with Gasteiger partial charge in [0.25, 0.3) is 0 Å². The molecule has 2 aliphatic rings. The molecule has 0 spiro atoms. The number of nitrogens with zero attached hydrogens (tertiary/aromatic N) is 1. The lowest BCUT2D eigenvalue weighted by Gasteiger charge is -2.41. The van der Waals surface area contributed by atoms with Gasteiger partial charge in [0, 0.05) is 7.11 Å². The van der Waals surface area contributed by atoms with Crippen LogP contribution in [0.3, 0.4) is 0 Å². The fourth-order valence-electron chi connectivity index (χ4n) is 4.74. The lowest BCUT2D eigenvalue weighted by atomic mass is 9.67. The second kappa shape index (κ2) is 9.37. The lowest BCUT2D eigenvalue weighted by Crippen LogP contribution is -2.36. The monoisotopic (exact) mass is 333 g/mol. The van der Waals surface area contributed by atoms with Gasteiger partial charge in [-0.1, -0.05) is 44.8 Å². The van der Waals surface area contributed by atoms with Gasteiger partial charge in [-0.05, 0) is 62.4 Å². The third kappa shape index (κ3) is 5.18. The Bertz CT molecular complexity index is 475. The van der Waals surface area contributed by atoms with Crippen molar-refractivity contribution in [3.8, 4) is 6.07 Å². The number of hydrogen-bond donors (Lipinski definition) is 0. The van der Waals surface area contributed by atoms with E-state index in [1.54, 1.807) is 13.2 Å². The second-order valence-corrected chi connectivity index (χ2v) is 7.66. The first-order valence-electron chi connectivity index (χ1n) is 9.62. The molecule has 2 rings (SSSR count). The van der Waals surface area contributed by atoms with E-state index in [9.17, 15) is 4.39 Å². The zero-order chi connectivity index (χ0) is 17.4. The Morgan fingerprint density at radius 1 is 1.17 bits per heavy atom. The van der Waals surface area contributed by atoms with Gasteiger partial charge in [0.15, 0.2) is 5.83 Å². The highest BCUT2D eigenvalue weighted by Gasteiger charge is 2.36. The van der Waals surface area contributed by atoms with Crippen LogP contribution in [0.15, 0.2) is 24.1 Å². The molecule has 0 aromatic carbocycles. The van der Waals surface area contributed by atoms with Crippen LogP contribution in [0.1, 0.15) is 71.1 Å². The van der Waals surface area contributed by atoms with Gasteiger partial charge in [-0.2, -0.15) is 9.65 Å². The molecule has 0 heterocycles. The molecule has 0 aromatic heterocycles. The summed E-state index contributed by atoms with van der Waals surface area (Å²) in [7, 11) is 1.74. The van der Waals surface area contributed by atoms with E-state index in [2.05, 4.69) is 6.92 Å². The van der Waals surface area contributed by atoms with Gasteiger partial charge in [0.2, 0.25) is 0 Å². The number of nitriles is 1. The van der Waals surface area contributed by atoms with Gasteiger partial charge in [-0.15, -0.1) is 0 Å². The maximum Gasteiger partial charge on any atom is 0.199 e. The second-order valence-electron chi connectivity index (χ2n) is 7.66. The van der Waals surface area contributed by atoms with Crippen LogP contribution in [0.2, 0.25) is 0 Å². The Labute approximate surface area is 146 Å². The normalized spacial score (nSPS) is 35.1. The molecule has 0 N–H and O–H groups in total. The highest BCUT2D eigenvalue weighted by Crippen LogP contribution is 2.44. The zero-order valence-corrected chi connectivity index (χ0v) is 15.3. The average molecular weight is 333 g/mol. The summed E-state index contributed by atoms with van der Waals surface area (Å²) < 4.78 is 18.7. The Kier molecular flexibility index (Phi) is 7.49. The number of ether oxygens (including phenoxy) is 1. The number of methoxy groups -OCH3 is 1. The fraction of sp³-hybridized carbons (Fsp3) is 0.762. The topological polar surface area (TPSA) is 33.0 Å². The quantitative estimate of drug-likeness (QED) is 0.434. The highest BCUT2D eigenvalue weighted by atomic mass is 19.1. The van der Waals surface area contributed by atoms with Gasteiger partial charge in [0.05, 0.1) is 5.60 Å². The minimum Gasteiger partial charge on any atom is -0.374 e. The van der Waals surface area contributed by atoms with Crippen molar-refractivity contribution >= 4 is 0 Å². The Morgan fingerprint density at radius 3 is 2.33 bits per heavy atom. The van der Waals surface area contributed by atoms with E-state index in [4.69, 9.17) is 10.00 Å². The first kappa shape index (κ1) is 19.2. The molecule has 0 amide bonds. The van der Waals surface area contributed by atoms with Crippen molar-refractivity contribution in [2.45, 2.75) is 76.7 Å². The molecule has 2 nitrogen and oxygen atoms in total. The Hall–Kier alpha value is -1.14. The minimum absolute atomic E-state index is 0.276. The van der Waals surface area contributed by atoms with Crippen molar-refractivity contribution in [2.75, 3.05) is 7.11 Å². The molecule has 0 aliphatic heterocycles. The predicted molar refractivity (Wildman–Crippen MR) is 96.0 cm³/mol. The summed E-state index contributed by atoms with van der Waals surface area (Å²) in [4.78, 5) is 0. The van der Waals surface area contributed by atoms with E-state index >= 15 is 0 Å². The molecule has 2 aliphatic carbocycles. The van der Waals surface area contributed by atoms with E-state index in [0.717, 1.165) is 30.6 Å². The maximum absolute atomic E-state index is 12.9. The standard InChI is InChI=1S/C21H32FNO/c1-3-5-17-7-9-18(10-8-17)19-11-14-21(24-2,15-12-19)13-4-6-20(22)16-23/h4,6,13,17-19H,3,5,7-12,14-15H2,1-2H3. The van der Waals surface area contributed by atoms with E-state index in [-0.39, 0.29) is 5.60 Å². The van der Waals surface area contributed by atoms with Crippen LogP contribution in [0.25, 0.3) is 0 Å². The molecular weight excluding hydrogens is 301 g/mol. The lowest BCUT2D eigenvalue weighted by molar-refractivity contribution is -0.0201. The van der Waals surface area contributed by atoms with Crippen molar-refractivity contribution in [1.82, 2.24) is 0 Å². The molecule has 0 aromatic rings. The summed E-state index contributed by atoms with van der Waals surface area (Å²) in [6.07, 6.45) is 17.6. The summed E-state index contributed by atoms with van der Waals surface area (Å²) in [5.41, 5.74) is -0.276. The average Bonchev–Trinajstić information content (AvgIpc) is 2.63. The van der Waals surface area contributed by atoms with Gasteiger partial charge in [0.1, 0.15) is 6.07 Å². The first-order chi connectivity index (χ1) is 11.6. The van der Waals surface area contributed by atoms with Crippen LogP contribution < -0.4 is 0 Å². The van der Waals surface area contributed by atoms with E-state index in [1.165, 1.54) is 63.5 Å². The summed E-state index contributed by atoms with van der Waals surface area (Å²) in [5, 5.41) is 8.47. The first-order valence-corrected chi connectivity index (χ1v) is 9.62. The van der Waals surface area contributed by atoms with E-state index < -0.39 is 5.83 Å².